The summed E-state index contributed by atoms with van der Waals surface area (Å²) in [6.07, 6.45) is 1.95. The van der Waals surface area contributed by atoms with Crippen LogP contribution in [-0.2, 0) is 14.8 Å². The molecule has 1 aromatic heterocycles. The number of amides is 1. The van der Waals surface area contributed by atoms with Gasteiger partial charge in [-0.1, -0.05) is 6.07 Å². The monoisotopic (exact) mass is 437 g/mol. The van der Waals surface area contributed by atoms with Gasteiger partial charge in [-0.15, -0.1) is 23.7 Å². The molecular weight excluding hydrogens is 410 g/mol. The highest BCUT2D eigenvalue weighted by Crippen LogP contribution is 2.23. The van der Waals surface area contributed by atoms with Crippen molar-refractivity contribution in [3.8, 4) is 0 Å². The van der Waals surface area contributed by atoms with Gasteiger partial charge < -0.3 is 10.0 Å². The molecule has 1 atom stereocenters. The summed E-state index contributed by atoms with van der Waals surface area (Å²) < 4.78 is 24.6. The van der Waals surface area contributed by atoms with Crippen molar-refractivity contribution in [2.24, 2.45) is 5.92 Å². The van der Waals surface area contributed by atoms with Gasteiger partial charge in [-0.3, -0.25) is 9.69 Å². The number of sulfonamides is 1. The Morgan fingerprint density at radius 3 is 2.37 bits per heavy atom. The average Bonchev–Trinajstić information content (AvgIpc) is 3.16. The smallest absolute Gasteiger partial charge is 0.225 e. The van der Waals surface area contributed by atoms with E-state index in [-0.39, 0.29) is 24.2 Å². The van der Waals surface area contributed by atoms with Crippen molar-refractivity contribution in [3.63, 3.8) is 0 Å². The molecule has 1 unspecified atom stereocenters. The first-order chi connectivity index (χ1) is 12.3. The van der Waals surface area contributed by atoms with Gasteiger partial charge in [0.05, 0.1) is 6.26 Å². The number of piperidine rings is 1. The molecule has 3 heterocycles. The number of nitrogens with zero attached hydrogens (tertiary/aromatic N) is 3. The third-order valence-electron chi connectivity index (χ3n) is 5.26. The van der Waals surface area contributed by atoms with E-state index in [2.05, 4.69) is 4.90 Å². The number of hydrogen-bond acceptors (Lipinski definition) is 6. The van der Waals surface area contributed by atoms with Gasteiger partial charge in [0.1, 0.15) is 6.10 Å². The molecule has 0 radical (unpaired) electrons. The lowest BCUT2D eigenvalue weighted by Crippen LogP contribution is -2.52. The molecule has 0 bridgehead atoms. The van der Waals surface area contributed by atoms with Crippen molar-refractivity contribution in [2.45, 2.75) is 18.9 Å². The van der Waals surface area contributed by atoms with E-state index in [1.165, 1.54) is 10.6 Å². The second-order valence-corrected chi connectivity index (χ2v) is 10.1. The van der Waals surface area contributed by atoms with Crippen LogP contribution in [0, 0.1) is 5.92 Å². The largest absolute Gasteiger partial charge is 0.386 e. The topological polar surface area (TPSA) is 81.2 Å². The molecule has 1 N–H and O–H groups in total. The van der Waals surface area contributed by atoms with Crippen LogP contribution in [0.15, 0.2) is 17.5 Å². The van der Waals surface area contributed by atoms with Gasteiger partial charge in [0, 0.05) is 56.6 Å². The van der Waals surface area contributed by atoms with Crippen molar-refractivity contribution in [2.75, 3.05) is 52.1 Å². The zero-order chi connectivity index (χ0) is 18.7. The lowest BCUT2D eigenvalue weighted by molar-refractivity contribution is -0.138. The van der Waals surface area contributed by atoms with Crippen LogP contribution < -0.4 is 0 Å². The minimum Gasteiger partial charge on any atom is -0.386 e. The van der Waals surface area contributed by atoms with Crippen LogP contribution in [0.2, 0.25) is 0 Å². The quantitative estimate of drug-likeness (QED) is 0.743. The first-order valence-electron chi connectivity index (χ1n) is 9.02. The van der Waals surface area contributed by atoms with Crippen molar-refractivity contribution >= 4 is 39.7 Å². The van der Waals surface area contributed by atoms with E-state index < -0.39 is 16.1 Å². The highest BCUT2D eigenvalue weighted by Gasteiger charge is 2.32. The maximum atomic E-state index is 12.7. The van der Waals surface area contributed by atoms with Gasteiger partial charge in [0.25, 0.3) is 0 Å². The lowest BCUT2D eigenvalue weighted by Gasteiger charge is -2.38. The van der Waals surface area contributed by atoms with E-state index in [9.17, 15) is 18.3 Å². The van der Waals surface area contributed by atoms with Gasteiger partial charge >= 0.3 is 0 Å². The number of carbonyl (C=O) groups is 1. The van der Waals surface area contributed by atoms with Crippen LogP contribution in [0.1, 0.15) is 23.8 Å². The van der Waals surface area contributed by atoms with Gasteiger partial charge in [-0.05, 0) is 24.3 Å². The number of aliphatic hydroxyl groups is 1. The van der Waals surface area contributed by atoms with E-state index in [0.717, 1.165) is 18.0 Å². The molecule has 0 saturated carbocycles. The number of β-amino-alcohol motifs (C(OH)–C–C–N with tert-alkyl or cyclic N) is 1. The molecule has 7 nitrogen and oxygen atoms in total. The third kappa shape index (κ3) is 5.88. The maximum Gasteiger partial charge on any atom is 0.225 e. The number of rotatable bonds is 5. The van der Waals surface area contributed by atoms with E-state index >= 15 is 0 Å². The fourth-order valence-electron chi connectivity index (χ4n) is 3.66. The standard InChI is InChI=1S/C17H27N3O4S2.ClH/c1-26(23,24)20-6-4-14(5-7-20)17(22)19-10-8-18(9-11-19)13-15(21)16-3-2-12-25-16;/h2-3,12,14-15,21H,4-11,13H2,1H3;1H. The molecule has 27 heavy (non-hydrogen) atoms. The second kappa shape index (κ2) is 9.67. The van der Waals surface area contributed by atoms with Crippen molar-refractivity contribution in [3.05, 3.63) is 22.4 Å². The van der Waals surface area contributed by atoms with E-state index in [4.69, 9.17) is 0 Å². The molecule has 3 rings (SSSR count). The van der Waals surface area contributed by atoms with Crippen LogP contribution in [0.5, 0.6) is 0 Å². The predicted molar refractivity (Wildman–Crippen MR) is 109 cm³/mol. The van der Waals surface area contributed by atoms with Crippen LogP contribution in [0.25, 0.3) is 0 Å². The zero-order valence-corrected chi connectivity index (χ0v) is 17.9. The summed E-state index contributed by atoms with van der Waals surface area (Å²) in [5, 5.41) is 12.2. The Hall–Kier alpha value is -0.710. The van der Waals surface area contributed by atoms with Gasteiger partial charge in [-0.2, -0.15) is 0 Å². The molecule has 10 heteroatoms. The molecule has 2 saturated heterocycles. The van der Waals surface area contributed by atoms with Crippen molar-refractivity contribution in [1.82, 2.24) is 14.1 Å². The Bertz CT molecular complexity index is 698. The highest BCUT2D eigenvalue weighted by molar-refractivity contribution is 7.88. The number of aliphatic hydroxyl groups excluding tert-OH is 1. The number of thiophene rings is 1. The summed E-state index contributed by atoms with van der Waals surface area (Å²) in [5.41, 5.74) is 0. The average molecular weight is 438 g/mol. The Kier molecular flexibility index (Phi) is 8.08. The molecular formula is C17H28ClN3O4S2. The van der Waals surface area contributed by atoms with Crippen molar-refractivity contribution in [1.29, 1.82) is 0 Å². The maximum absolute atomic E-state index is 12.7. The predicted octanol–water partition coefficient (Wildman–Crippen LogP) is 1.02. The summed E-state index contributed by atoms with van der Waals surface area (Å²) in [7, 11) is -3.16. The molecule has 0 spiro atoms. The van der Waals surface area contributed by atoms with Gasteiger partial charge in [0.15, 0.2) is 0 Å². The summed E-state index contributed by atoms with van der Waals surface area (Å²) >= 11 is 1.56. The molecule has 2 aliphatic rings. The summed E-state index contributed by atoms with van der Waals surface area (Å²) in [6, 6.07) is 3.88. The fourth-order valence-corrected chi connectivity index (χ4v) is 5.24. The van der Waals surface area contributed by atoms with Crippen LogP contribution in [-0.4, -0.2) is 85.6 Å². The molecule has 2 fully saturated rings. The van der Waals surface area contributed by atoms with E-state index in [1.807, 2.05) is 22.4 Å². The second-order valence-electron chi connectivity index (χ2n) is 7.09. The molecule has 0 aliphatic carbocycles. The molecule has 1 amide bonds. The third-order valence-corrected chi connectivity index (χ3v) is 7.54. The Balaban J connectivity index is 0.00000261. The van der Waals surface area contributed by atoms with E-state index in [0.29, 0.717) is 45.6 Å². The minimum absolute atomic E-state index is 0. The lowest BCUT2D eigenvalue weighted by atomic mass is 9.96. The Morgan fingerprint density at radius 1 is 1.22 bits per heavy atom. The Morgan fingerprint density at radius 2 is 1.85 bits per heavy atom. The van der Waals surface area contributed by atoms with Crippen LogP contribution >= 0.6 is 23.7 Å². The van der Waals surface area contributed by atoms with Gasteiger partial charge in [-0.25, -0.2) is 12.7 Å². The van der Waals surface area contributed by atoms with Gasteiger partial charge in [0.2, 0.25) is 15.9 Å². The van der Waals surface area contributed by atoms with Crippen LogP contribution in [0.3, 0.4) is 0 Å². The minimum atomic E-state index is -3.16. The summed E-state index contributed by atoms with van der Waals surface area (Å²) in [6.45, 7) is 4.32. The zero-order valence-electron chi connectivity index (χ0n) is 15.5. The molecule has 0 aromatic carbocycles. The fraction of sp³-hybridized carbons (Fsp3) is 0.706. The Labute approximate surface area is 171 Å². The first-order valence-corrected chi connectivity index (χ1v) is 11.7. The number of hydrogen-bond donors (Lipinski definition) is 1. The van der Waals surface area contributed by atoms with Crippen LogP contribution in [0.4, 0.5) is 0 Å². The molecule has 2 aliphatic heterocycles. The first kappa shape index (κ1) is 22.6. The number of piperazine rings is 1. The van der Waals surface area contributed by atoms with E-state index in [1.54, 1.807) is 11.3 Å². The number of halogens is 1. The van der Waals surface area contributed by atoms with Crippen molar-refractivity contribution < 1.29 is 18.3 Å². The summed E-state index contributed by atoms with van der Waals surface area (Å²) in [5.74, 6) is 0.0767. The SMILES string of the molecule is CS(=O)(=O)N1CCC(C(=O)N2CCN(CC(O)c3cccs3)CC2)CC1.Cl. The molecule has 154 valence electrons. The highest BCUT2D eigenvalue weighted by atomic mass is 35.5. The summed E-state index contributed by atoms with van der Waals surface area (Å²) in [4.78, 5) is 17.8. The normalized spacial score (nSPS) is 21.6. The molecule has 1 aromatic rings. The number of carbonyl (C=O) groups excluding carboxylic acids is 1.